The molecule has 5 rings (SSSR count). The van der Waals surface area contributed by atoms with E-state index < -0.39 is 60.4 Å². The van der Waals surface area contributed by atoms with Gasteiger partial charge in [0.1, 0.15) is 30.7 Å². The number of aliphatic hydroxyl groups excluding tert-OH is 5. The average molecular weight is 619 g/mol. The Balaban J connectivity index is 1.60. The Morgan fingerprint density at radius 1 is 1.02 bits per heavy atom. The van der Waals surface area contributed by atoms with Crippen molar-refractivity contribution >= 4 is 12.1 Å². The van der Waals surface area contributed by atoms with Gasteiger partial charge in [-0.25, -0.2) is 0 Å². The number of hydrogen-bond donors (Lipinski definition) is 5. The SMILES string of the molecule is CC(=O)/C=C/C[C@@H](C)[C@H]1CC[C@@]2(C)[C@@H]3[C@@H](O[C@@H]4O[C@H](CO)[C@@H](O)[C@H](O)[C@H]4O)C=C4[C@@H](CC[C@H](O)C4(C)C)[C@]3(C=O)CC[C@]12C. The minimum Gasteiger partial charge on any atom is -0.394 e. The smallest absolute Gasteiger partial charge is 0.187 e. The van der Waals surface area contributed by atoms with Crippen molar-refractivity contribution in [1.29, 1.82) is 0 Å². The summed E-state index contributed by atoms with van der Waals surface area (Å²) in [6.07, 6.45) is 3.95. The average Bonchev–Trinajstić information content (AvgIpc) is 3.25. The minimum atomic E-state index is -1.58. The number of aldehydes is 1. The maximum atomic E-state index is 13.6. The zero-order valence-electron chi connectivity index (χ0n) is 27.2. The molecule has 0 bridgehead atoms. The van der Waals surface area contributed by atoms with E-state index in [4.69, 9.17) is 9.47 Å². The third kappa shape index (κ3) is 5.00. The lowest BCUT2D eigenvalue weighted by molar-refractivity contribution is -0.321. The molecule has 14 atom stereocenters. The zero-order chi connectivity index (χ0) is 32.4. The minimum absolute atomic E-state index is 0.0339. The molecule has 4 fully saturated rings. The molecule has 0 amide bonds. The van der Waals surface area contributed by atoms with Gasteiger partial charge >= 0.3 is 0 Å². The number of carbonyl (C=O) groups is 2. The molecule has 0 aromatic heterocycles. The van der Waals surface area contributed by atoms with Crippen molar-refractivity contribution in [3.8, 4) is 0 Å². The van der Waals surface area contributed by atoms with E-state index in [2.05, 4.69) is 26.8 Å². The van der Waals surface area contributed by atoms with Crippen LogP contribution in [-0.2, 0) is 19.1 Å². The Bertz CT molecular complexity index is 1160. The highest BCUT2D eigenvalue weighted by molar-refractivity contribution is 5.87. The molecule has 1 heterocycles. The molecule has 248 valence electrons. The number of rotatable bonds is 8. The lowest BCUT2D eigenvalue weighted by atomic mass is 9.38. The first-order chi connectivity index (χ1) is 20.6. The van der Waals surface area contributed by atoms with Crippen LogP contribution in [0.15, 0.2) is 23.8 Å². The van der Waals surface area contributed by atoms with Gasteiger partial charge in [0.15, 0.2) is 12.1 Å². The van der Waals surface area contributed by atoms with E-state index in [1.807, 2.05) is 19.9 Å². The fourth-order valence-electron chi connectivity index (χ4n) is 10.6. The first kappa shape index (κ1) is 33.9. The van der Waals surface area contributed by atoms with Gasteiger partial charge in [-0.1, -0.05) is 52.3 Å². The van der Waals surface area contributed by atoms with E-state index in [1.165, 1.54) is 0 Å². The molecular weight excluding hydrogens is 564 g/mol. The van der Waals surface area contributed by atoms with E-state index >= 15 is 0 Å². The maximum absolute atomic E-state index is 13.6. The topological polar surface area (TPSA) is 154 Å². The standard InChI is InChI=1S/C35H54O9/c1-19(8-7-9-20(2)38)21-12-13-34(6)30-24(43-31-29(42)28(41)27(40)25(17-36)44-31)16-23-22(10-11-26(39)32(23,3)4)35(30,18-37)15-14-33(21,34)5/h7,9,16,18-19,21-22,24-31,36,39-42H,8,10-15,17H2,1-6H3/b9-7+/t19-,21-,22-,24+,25-,26+,27-,28+,29-,30+,31-,33-,34+,35-/m1/s1. The second-order valence-electron chi connectivity index (χ2n) is 15.7. The van der Waals surface area contributed by atoms with Crippen LogP contribution in [0.5, 0.6) is 0 Å². The van der Waals surface area contributed by atoms with Crippen molar-refractivity contribution in [2.75, 3.05) is 6.61 Å². The van der Waals surface area contributed by atoms with Gasteiger partial charge in [-0.05, 0) is 86.5 Å². The molecule has 4 aliphatic carbocycles. The lowest BCUT2D eigenvalue weighted by Crippen LogP contribution is -2.66. The van der Waals surface area contributed by atoms with Gasteiger partial charge in [0, 0.05) is 16.7 Å². The largest absolute Gasteiger partial charge is 0.394 e. The van der Waals surface area contributed by atoms with Crippen LogP contribution >= 0.6 is 0 Å². The normalized spacial score (nSPS) is 49.0. The molecule has 1 aliphatic heterocycles. The summed E-state index contributed by atoms with van der Waals surface area (Å²) in [5.41, 5.74) is -0.853. The molecule has 0 aromatic carbocycles. The monoisotopic (exact) mass is 618 g/mol. The molecule has 9 heteroatoms. The molecule has 0 unspecified atom stereocenters. The van der Waals surface area contributed by atoms with Crippen molar-refractivity contribution in [3.05, 3.63) is 23.8 Å². The van der Waals surface area contributed by atoms with Crippen LogP contribution < -0.4 is 0 Å². The Morgan fingerprint density at radius 2 is 1.73 bits per heavy atom. The van der Waals surface area contributed by atoms with Crippen molar-refractivity contribution in [1.82, 2.24) is 0 Å². The Labute approximate surface area is 261 Å². The van der Waals surface area contributed by atoms with Crippen LogP contribution in [0.2, 0.25) is 0 Å². The predicted molar refractivity (Wildman–Crippen MR) is 163 cm³/mol. The number of carbonyl (C=O) groups excluding carboxylic acids is 2. The maximum Gasteiger partial charge on any atom is 0.187 e. The highest BCUT2D eigenvalue weighted by Crippen LogP contribution is 2.75. The molecule has 9 nitrogen and oxygen atoms in total. The van der Waals surface area contributed by atoms with Crippen molar-refractivity contribution < 1.29 is 44.6 Å². The van der Waals surface area contributed by atoms with Crippen LogP contribution in [0.25, 0.3) is 0 Å². The van der Waals surface area contributed by atoms with Gasteiger partial charge in [0.05, 0.1) is 18.8 Å². The van der Waals surface area contributed by atoms with Gasteiger partial charge < -0.3 is 39.8 Å². The summed E-state index contributed by atoms with van der Waals surface area (Å²) >= 11 is 0. The van der Waals surface area contributed by atoms with Gasteiger partial charge in [-0.15, -0.1) is 0 Å². The number of ether oxygens (including phenoxy) is 2. The van der Waals surface area contributed by atoms with Crippen LogP contribution in [0.3, 0.4) is 0 Å². The van der Waals surface area contributed by atoms with E-state index in [0.29, 0.717) is 31.1 Å². The first-order valence-corrected chi connectivity index (χ1v) is 16.6. The van der Waals surface area contributed by atoms with Gasteiger partial charge in [-0.2, -0.15) is 0 Å². The molecule has 5 N–H and O–H groups in total. The van der Waals surface area contributed by atoms with Crippen LogP contribution in [0.1, 0.15) is 86.5 Å². The first-order valence-electron chi connectivity index (χ1n) is 16.6. The van der Waals surface area contributed by atoms with Crippen LogP contribution in [-0.4, -0.2) is 87.1 Å². The summed E-state index contributed by atoms with van der Waals surface area (Å²) in [6, 6.07) is 0. The number of allylic oxidation sites excluding steroid dienone is 2. The highest BCUT2D eigenvalue weighted by atomic mass is 16.7. The van der Waals surface area contributed by atoms with Gasteiger partial charge in [0.2, 0.25) is 0 Å². The van der Waals surface area contributed by atoms with Crippen molar-refractivity contribution in [2.24, 2.45) is 45.3 Å². The molecular formula is C35H54O9. The summed E-state index contributed by atoms with van der Waals surface area (Å²) in [4.78, 5) is 25.2. The quantitative estimate of drug-likeness (QED) is 0.157. The Hall–Kier alpha value is -1.46. The van der Waals surface area contributed by atoms with Crippen LogP contribution in [0.4, 0.5) is 0 Å². The summed E-state index contributed by atoms with van der Waals surface area (Å²) in [5, 5.41) is 52.9. The number of fused-ring (bicyclic) bond motifs is 5. The van der Waals surface area contributed by atoms with E-state index in [9.17, 15) is 35.1 Å². The van der Waals surface area contributed by atoms with Crippen molar-refractivity contribution in [2.45, 2.75) is 129 Å². The van der Waals surface area contributed by atoms with Gasteiger partial charge in [-0.3, -0.25) is 4.79 Å². The number of hydrogen-bond acceptors (Lipinski definition) is 9. The predicted octanol–water partition coefficient (Wildman–Crippen LogP) is 3.10. The van der Waals surface area contributed by atoms with E-state index in [0.717, 1.165) is 37.5 Å². The Kier molecular flexibility index (Phi) is 9.22. The summed E-state index contributed by atoms with van der Waals surface area (Å²) < 4.78 is 12.5. The second-order valence-corrected chi connectivity index (χ2v) is 15.7. The molecule has 0 spiro atoms. The third-order valence-electron chi connectivity index (χ3n) is 13.3. The van der Waals surface area contributed by atoms with E-state index in [1.54, 1.807) is 13.0 Å². The Morgan fingerprint density at radius 3 is 2.36 bits per heavy atom. The van der Waals surface area contributed by atoms with Crippen LogP contribution in [0, 0.1) is 45.3 Å². The van der Waals surface area contributed by atoms with E-state index in [-0.39, 0.29) is 28.4 Å². The molecule has 1 saturated heterocycles. The molecule has 0 radical (unpaired) electrons. The molecule has 3 saturated carbocycles. The summed E-state index contributed by atoms with van der Waals surface area (Å²) in [7, 11) is 0. The fraction of sp³-hybridized carbons (Fsp3) is 0.829. The number of aliphatic hydroxyl groups is 5. The molecule has 0 aromatic rings. The lowest BCUT2D eigenvalue weighted by Gasteiger charge is -2.66. The fourth-order valence-corrected chi connectivity index (χ4v) is 10.6. The highest BCUT2D eigenvalue weighted by Gasteiger charge is 2.71. The molecule has 5 aliphatic rings. The number of ketones is 1. The second kappa shape index (κ2) is 12.0. The third-order valence-corrected chi connectivity index (χ3v) is 13.3. The van der Waals surface area contributed by atoms with Gasteiger partial charge in [0.25, 0.3) is 0 Å². The molecule has 44 heavy (non-hydrogen) atoms. The van der Waals surface area contributed by atoms with Crippen molar-refractivity contribution in [3.63, 3.8) is 0 Å². The zero-order valence-corrected chi connectivity index (χ0v) is 27.2. The summed E-state index contributed by atoms with van der Waals surface area (Å²) in [5.74, 6) is 0.380. The summed E-state index contributed by atoms with van der Waals surface area (Å²) in [6.45, 7) is 11.9.